The summed E-state index contributed by atoms with van der Waals surface area (Å²) in [7, 11) is 0. The molecule has 0 bridgehead atoms. The first-order valence-corrected chi connectivity index (χ1v) is 6.07. The lowest BCUT2D eigenvalue weighted by molar-refractivity contribution is 0.278. The van der Waals surface area contributed by atoms with E-state index in [2.05, 4.69) is 33.6 Å². The Bertz CT molecular complexity index is 441. The Kier molecular flexibility index (Phi) is 3.15. The van der Waals surface area contributed by atoms with Crippen LogP contribution >= 0.6 is 33.9 Å². The molecule has 4 heteroatoms. The number of aliphatic hydroxyl groups is 1. The lowest BCUT2D eigenvalue weighted by Gasteiger charge is -1.98. The molecule has 0 fully saturated rings. The molecular formula is C10H8INOS. The maximum Gasteiger partial charge on any atom is 0.124 e. The molecule has 1 aromatic carbocycles. The third-order valence-corrected chi connectivity index (χ3v) is 3.68. The molecule has 0 saturated heterocycles. The molecule has 0 unspecified atom stereocenters. The third kappa shape index (κ3) is 1.97. The van der Waals surface area contributed by atoms with E-state index in [4.69, 9.17) is 5.11 Å². The highest BCUT2D eigenvalue weighted by atomic mass is 127. The molecule has 0 spiro atoms. The Morgan fingerprint density at radius 1 is 1.36 bits per heavy atom. The summed E-state index contributed by atoms with van der Waals surface area (Å²) in [6.07, 6.45) is 0. The number of hydrogen-bond acceptors (Lipinski definition) is 3. The molecule has 1 heterocycles. The molecule has 0 radical (unpaired) electrons. The highest BCUT2D eigenvalue weighted by Gasteiger charge is 2.06. The fourth-order valence-corrected chi connectivity index (χ4v) is 2.81. The smallest absolute Gasteiger partial charge is 0.124 e. The summed E-state index contributed by atoms with van der Waals surface area (Å²) in [5.74, 6) is 0. The van der Waals surface area contributed by atoms with E-state index < -0.39 is 0 Å². The Hall–Kier alpha value is -0.460. The molecule has 2 aromatic rings. The van der Waals surface area contributed by atoms with Crippen molar-refractivity contribution in [2.24, 2.45) is 0 Å². The van der Waals surface area contributed by atoms with Gasteiger partial charge in [0.15, 0.2) is 0 Å². The zero-order valence-electron chi connectivity index (χ0n) is 7.27. The van der Waals surface area contributed by atoms with E-state index in [1.54, 1.807) is 11.3 Å². The minimum Gasteiger partial charge on any atom is -0.390 e. The van der Waals surface area contributed by atoms with Crippen LogP contribution in [0, 0.1) is 3.57 Å². The highest BCUT2D eigenvalue weighted by Crippen LogP contribution is 2.27. The van der Waals surface area contributed by atoms with Gasteiger partial charge in [0.05, 0.1) is 12.3 Å². The zero-order chi connectivity index (χ0) is 9.97. The number of aromatic nitrogens is 1. The predicted octanol–water partition coefficient (Wildman–Crippen LogP) is 2.91. The minimum absolute atomic E-state index is 0.0138. The molecular weight excluding hydrogens is 309 g/mol. The first-order chi connectivity index (χ1) is 6.81. The third-order valence-electron chi connectivity index (χ3n) is 1.82. The summed E-state index contributed by atoms with van der Waals surface area (Å²) < 4.78 is 1.18. The van der Waals surface area contributed by atoms with Crippen LogP contribution in [0.4, 0.5) is 0 Å². The van der Waals surface area contributed by atoms with Crippen molar-refractivity contribution in [3.63, 3.8) is 0 Å². The van der Waals surface area contributed by atoms with E-state index in [1.165, 1.54) is 3.57 Å². The normalized spacial score (nSPS) is 10.4. The van der Waals surface area contributed by atoms with Crippen molar-refractivity contribution in [2.45, 2.75) is 6.61 Å². The van der Waals surface area contributed by atoms with E-state index in [0.717, 1.165) is 16.3 Å². The largest absolute Gasteiger partial charge is 0.390 e. The molecule has 0 atom stereocenters. The first-order valence-electron chi connectivity index (χ1n) is 4.11. The quantitative estimate of drug-likeness (QED) is 0.864. The number of aliphatic hydroxyl groups excluding tert-OH is 1. The second-order valence-electron chi connectivity index (χ2n) is 2.78. The summed E-state index contributed by atoms with van der Waals surface area (Å²) in [6.45, 7) is 0.0138. The van der Waals surface area contributed by atoms with E-state index in [-0.39, 0.29) is 6.61 Å². The molecule has 72 valence electrons. The summed E-state index contributed by atoms with van der Waals surface area (Å²) in [5, 5.41) is 11.8. The molecule has 0 aliphatic carbocycles. The van der Waals surface area contributed by atoms with Crippen molar-refractivity contribution < 1.29 is 5.11 Å². The highest BCUT2D eigenvalue weighted by molar-refractivity contribution is 14.1. The Balaban J connectivity index is 2.44. The van der Waals surface area contributed by atoms with E-state index in [1.807, 2.05) is 23.6 Å². The molecule has 0 amide bonds. The maximum atomic E-state index is 8.91. The standard InChI is InChI=1S/C10H8INOS/c11-9-4-2-1-3-8(9)10-12-7(5-13)6-14-10/h1-4,6,13H,5H2. The number of benzene rings is 1. The van der Waals surface area contributed by atoms with Gasteiger partial charge in [-0.25, -0.2) is 4.98 Å². The topological polar surface area (TPSA) is 33.1 Å². The van der Waals surface area contributed by atoms with Crippen LogP contribution in [0.2, 0.25) is 0 Å². The summed E-state index contributed by atoms with van der Waals surface area (Å²) in [5.41, 5.74) is 1.88. The van der Waals surface area contributed by atoms with Crippen molar-refractivity contribution in [3.8, 4) is 10.6 Å². The lowest BCUT2D eigenvalue weighted by atomic mass is 10.2. The summed E-state index contributed by atoms with van der Waals surface area (Å²) >= 11 is 3.85. The number of nitrogens with zero attached hydrogens (tertiary/aromatic N) is 1. The van der Waals surface area contributed by atoms with Crippen LogP contribution in [0.25, 0.3) is 10.6 Å². The van der Waals surface area contributed by atoms with Crippen molar-refractivity contribution in [2.75, 3.05) is 0 Å². The van der Waals surface area contributed by atoms with Gasteiger partial charge in [0.25, 0.3) is 0 Å². The van der Waals surface area contributed by atoms with Gasteiger partial charge in [0.1, 0.15) is 5.01 Å². The molecule has 1 N–H and O–H groups in total. The van der Waals surface area contributed by atoms with E-state index >= 15 is 0 Å². The number of thiazole rings is 1. The molecule has 0 aliphatic rings. The van der Waals surface area contributed by atoms with Gasteiger partial charge in [0, 0.05) is 14.5 Å². The fourth-order valence-electron chi connectivity index (χ4n) is 1.14. The van der Waals surface area contributed by atoms with Gasteiger partial charge in [-0.05, 0) is 28.7 Å². The number of rotatable bonds is 2. The van der Waals surface area contributed by atoms with Crippen LogP contribution in [-0.4, -0.2) is 10.1 Å². The molecule has 2 rings (SSSR count). The van der Waals surface area contributed by atoms with Gasteiger partial charge in [-0.2, -0.15) is 0 Å². The average molecular weight is 317 g/mol. The number of halogens is 1. The van der Waals surface area contributed by atoms with Gasteiger partial charge in [0.2, 0.25) is 0 Å². The molecule has 0 aliphatic heterocycles. The molecule has 14 heavy (non-hydrogen) atoms. The second-order valence-corrected chi connectivity index (χ2v) is 4.80. The van der Waals surface area contributed by atoms with Crippen LogP contribution in [-0.2, 0) is 6.61 Å². The Labute approximate surface area is 99.8 Å². The van der Waals surface area contributed by atoms with Crippen molar-refractivity contribution in [1.29, 1.82) is 0 Å². The Morgan fingerprint density at radius 2 is 2.14 bits per heavy atom. The van der Waals surface area contributed by atoms with Crippen LogP contribution in [0.1, 0.15) is 5.69 Å². The molecule has 0 saturated carbocycles. The van der Waals surface area contributed by atoms with Gasteiger partial charge >= 0.3 is 0 Å². The van der Waals surface area contributed by atoms with Crippen molar-refractivity contribution in [1.82, 2.24) is 4.98 Å². The maximum absolute atomic E-state index is 8.91. The molecule has 2 nitrogen and oxygen atoms in total. The fraction of sp³-hybridized carbons (Fsp3) is 0.100. The molecule has 1 aromatic heterocycles. The van der Waals surface area contributed by atoms with E-state index in [0.29, 0.717) is 0 Å². The zero-order valence-corrected chi connectivity index (χ0v) is 10.2. The van der Waals surface area contributed by atoms with Gasteiger partial charge in [-0.15, -0.1) is 11.3 Å². The van der Waals surface area contributed by atoms with Gasteiger partial charge in [-0.3, -0.25) is 0 Å². The van der Waals surface area contributed by atoms with Crippen LogP contribution in [0.15, 0.2) is 29.6 Å². The minimum atomic E-state index is 0.0138. The van der Waals surface area contributed by atoms with Crippen LogP contribution in [0.5, 0.6) is 0 Å². The van der Waals surface area contributed by atoms with Crippen molar-refractivity contribution >= 4 is 33.9 Å². The van der Waals surface area contributed by atoms with Crippen molar-refractivity contribution in [3.05, 3.63) is 38.9 Å². The lowest BCUT2D eigenvalue weighted by Crippen LogP contribution is -1.84. The van der Waals surface area contributed by atoms with Crippen LogP contribution < -0.4 is 0 Å². The van der Waals surface area contributed by atoms with Crippen LogP contribution in [0.3, 0.4) is 0 Å². The first kappa shape index (κ1) is 10.1. The van der Waals surface area contributed by atoms with Gasteiger partial charge in [-0.1, -0.05) is 18.2 Å². The van der Waals surface area contributed by atoms with E-state index in [9.17, 15) is 0 Å². The second kappa shape index (κ2) is 4.37. The number of hydrogen-bond donors (Lipinski definition) is 1. The predicted molar refractivity (Wildman–Crippen MR) is 66.2 cm³/mol. The average Bonchev–Trinajstić information content (AvgIpc) is 2.67. The monoisotopic (exact) mass is 317 g/mol. The summed E-state index contributed by atoms with van der Waals surface area (Å²) in [6, 6.07) is 8.10. The van der Waals surface area contributed by atoms with Gasteiger partial charge < -0.3 is 5.11 Å². The SMILES string of the molecule is OCc1csc(-c2ccccc2I)n1. The Morgan fingerprint density at radius 3 is 2.79 bits per heavy atom. The summed E-state index contributed by atoms with van der Waals surface area (Å²) in [4.78, 5) is 4.32.